The van der Waals surface area contributed by atoms with E-state index in [1.54, 1.807) is 49.6 Å². The molecule has 166 valence electrons. The summed E-state index contributed by atoms with van der Waals surface area (Å²) in [6.07, 6.45) is 0.287. The number of urea groups is 1. The summed E-state index contributed by atoms with van der Waals surface area (Å²) in [5, 5.41) is 23.2. The van der Waals surface area contributed by atoms with Crippen molar-refractivity contribution in [3.63, 3.8) is 0 Å². The van der Waals surface area contributed by atoms with Crippen LogP contribution < -0.4 is 20.7 Å². The van der Waals surface area contributed by atoms with Gasteiger partial charge in [0, 0.05) is 29.4 Å². The number of aliphatic hydroxyl groups excluding tert-OH is 1. The molecular weight excluding hydrogens is 434 g/mol. The number of carbonyl (C=O) groups is 2. The predicted octanol–water partition coefficient (Wildman–Crippen LogP) is 2.01. The van der Waals surface area contributed by atoms with E-state index in [-0.39, 0.29) is 12.5 Å². The van der Waals surface area contributed by atoms with Gasteiger partial charge in [-0.1, -0.05) is 29.8 Å². The molecular formula is C22H22ClN5O4. The number of aliphatic hydroxyl groups is 1. The number of carbonyl (C=O) groups excluding carboxylic acids is 2. The molecule has 3 aromatic rings. The highest BCUT2D eigenvalue weighted by molar-refractivity contribution is 6.30. The molecule has 0 radical (unpaired) electrons. The first-order valence-corrected chi connectivity index (χ1v) is 10.2. The fraction of sp³-hybridized carbons (Fsp3) is 0.227. The Labute approximate surface area is 189 Å². The number of ether oxygens (including phenoxy) is 1. The Bertz CT molecular complexity index is 1180. The van der Waals surface area contributed by atoms with Crippen LogP contribution in [0, 0.1) is 0 Å². The summed E-state index contributed by atoms with van der Waals surface area (Å²) in [6, 6.07) is 13.4. The lowest BCUT2D eigenvalue weighted by molar-refractivity contribution is 0.0691. The second kappa shape index (κ2) is 8.52. The van der Waals surface area contributed by atoms with E-state index in [9.17, 15) is 14.7 Å². The van der Waals surface area contributed by atoms with Gasteiger partial charge >= 0.3 is 6.03 Å². The molecule has 2 atom stereocenters. The maximum atomic E-state index is 13.2. The molecule has 4 N–H and O–H groups in total. The third-order valence-corrected chi connectivity index (χ3v) is 5.74. The summed E-state index contributed by atoms with van der Waals surface area (Å²) in [5.74, 6) is 0.152. The van der Waals surface area contributed by atoms with Crippen molar-refractivity contribution in [3.8, 4) is 16.9 Å². The van der Waals surface area contributed by atoms with Crippen LogP contribution in [0.5, 0.6) is 5.75 Å². The highest BCUT2D eigenvalue weighted by atomic mass is 35.5. The average Bonchev–Trinajstić information content (AvgIpc) is 3.34. The number of benzene rings is 2. The fourth-order valence-electron chi connectivity index (χ4n) is 3.92. The van der Waals surface area contributed by atoms with Crippen molar-refractivity contribution in [2.45, 2.75) is 11.8 Å². The quantitative estimate of drug-likeness (QED) is 0.453. The van der Waals surface area contributed by atoms with Crippen molar-refractivity contribution < 1.29 is 19.4 Å². The summed E-state index contributed by atoms with van der Waals surface area (Å²) in [6.45, 7) is -0.0721. The van der Waals surface area contributed by atoms with Crippen LogP contribution in [0.3, 0.4) is 0 Å². The molecule has 0 saturated carbocycles. The first kappa shape index (κ1) is 21.7. The van der Waals surface area contributed by atoms with Gasteiger partial charge in [-0.3, -0.25) is 9.48 Å². The van der Waals surface area contributed by atoms with Gasteiger partial charge in [0.2, 0.25) is 0 Å². The molecule has 0 bridgehead atoms. The summed E-state index contributed by atoms with van der Waals surface area (Å²) in [4.78, 5) is 25.2. The molecule has 2 heterocycles. The van der Waals surface area contributed by atoms with Crippen molar-refractivity contribution >= 4 is 23.5 Å². The molecule has 1 aromatic heterocycles. The molecule has 1 aliphatic rings. The summed E-state index contributed by atoms with van der Waals surface area (Å²) in [7, 11) is 3.23. The second-order valence-electron chi connectivity index (χ2n) is 7.39. The van der Waals surface area contributed by atoms with Crippen molar-refractivity contribution in [2.75, 3.05) is 13.7 Å². The maximum absolute atomic E-state index is 13.2. The number of nitrogens with one attached hydrogen (secondary N) is 3. The minimum Gasteiger partial charge on any atom is -0.496 e. The van der Waals surface area contributed by atoms with E-state index in [2.05, 4.69) is 21.0 Å². The van der Waals surface area contributed by atoms with Gasteiger partial charge < -0.3 is 25.8 Å². The van der Waals surface area contributed by atoms with E-state index in [1.165, 1.54) is 11.8 Å². The van der Waals surface area contributed by atoms with Crippen LogP contribution in [-0.2, 0) is 12.6 Å². The number of halogens is 1. The van der Waals surface area contributed by atoms with Crippen LogP contribution >= 0.6 is 11.6 Å². The fourth-order valence-corrected chi connectivity index (χ4v) is 4.08. The van der Waals surface area contributed by atoms with Gasteiger partial charge in [-0.25, -0.2) is 4.79 Å². The zero-order valence-electron chi connectivity index (χ0n) is 17.4. The first-order chi connectivity index (χ1) is 15.4. The smallest absolute Gasteiger partial charge is 0.317 e. The standard InChI is InChI=1S/C22H22ClN5O4/c1-28-18(9-10-25-28)22(20(30)26-21(31)27-22)12-24-19(29)16-6-4-3-5-14(16)15-8-7-13(23)11-17(15)32-2/h3-11,20,30H,12H2,1-2H3,(H,24,29)(H2,26,27,31). The van der Waals surface area contributed by atoms with Gasteiger partial charge in [0.15, 0.2) is 6.23 Å². The van der Waals surface area contributed by atoms with E-state index in [0.717, 1.165) is 0 Å². The predicted molar refractivity (Wildman–Crippen MR) is 118 cm³/mol. The molecule has 1 aliphatic heterocycles. The van der Waals surface area contributed by atoms with E-state index in [1.807, 2.05) is 12.1 Å². The van der Waals surface area contributed by atoms with Crippen LogP contribution in [0.15, 0.2) is 54.7 Å². The van der Waals surface area contributed by atoms with Gasteiger partial charge in [0.1, 0.15) is 11.3 Å². The molecule has 9 nitrogen and oxygen atoms in total. The third-order valence-electron chi connectivity index (χ3n) is 5.50. The monoisotopic (exact) mass is 455 g/mol. The number of hydrogen-bond donors (Lipinski definition) is 4. The zero-order valence-corrected chi connectivity index (χ0v) is 18.2. The Morgan fingerprint density at radius 2 is 2.06 bits per heavy atom. The number of methoxy groups -OCH3 is 1. The molecule has 1 saturated heterocycles. The van der Waals surface area contributed by atoms with Gasteiger partial charge in [-0.2, -0.15) is 5.10 Å². The number of aromatic nitrogens is 2. The minimum absolute atomic E-state index is 0.0721. The lowest BCUT2D eigenvalue weighted by atomic mass is 9.93. The normalized spacial score (nSPS) is 19.9. The lowest BCUT2D eigenvalue weighted by Crippen LogP contribution is -2.55. The third kappa shape index (κ3) is 3.76. The van der Waals surface area contributed by atoms with Crippen LogP contribution in [0.1, 0.15) is 16.1 Å². The number of amides is 3. The Morgan fingerprint density at radius 1 is 1.28 bits per heavy atom. The lowest BCUT2D eigenvalue weighted by Gasteiger charge is -2.31. The van der Waals surface area contributed by atoms with E-state index >= 15 is 0 Å². The summed E-state index contributed by atoms with van der Waals surface area (Å²) in [5.41, 5.74) is 1.02. The first-order valence-electron chi connectivity index (χ1n) is 9.82. The van der Waals surface area contributed by atoms with Gasteiger partial charge in [0.05, 0.1) is 19.3 Å². The highest BCUT2D eigenvalue weighted by Crippen LogP contribution is 2.34. The van der Waals surface area contributed by atoms with Crippen LogP contribution in [0.2, 0.25) is 5.02 Å². The number of hydrogen-bond acceptors (Lipinski definition) is 5. The molecule has 10 heteroatoms. The summed E-state index contributed by atoms with van der Waals surface area (Å²) < 4.78 is 6.98. The number of rotatable bonds is 6. The topological polar surface area (TPSA) is 118 Å². The molecule has 1 fully saturated rings. The van der Waals surface area contributed by atoms with E-state index < -0.39 is 17.8 Å². The molecule has 2 aromatic carbocycles. The highest BCUT2D eigenvalue weighted by Gasteiger charge is 2.49. The molecule has 2 unspecified atom stereocenters. The van der Waals surface area contributed by atoms with Crippen molar-refractivity contribution in [1.29, 1.82) is 0 Å². The van der Waals surface area contributed by atoms with Crippen molar-refractivity contribution in [1.82, 2.24) is 25.7 Å². The largest absolute Gasteiger partial charge is 0.496 e. The number of nitrogens with zero attached hydrogens (tertiary/aromatic N) is 2. The molecule has 3 amide bonds. The molecule has 4 rings (SSSR count). The van der Waals surface area contributed by atoms with Crippen LogP contribution in [0.4, 0.5) is 4.79 Å². The second-order valence-corrected chi connectivity index (χ2v) is 7.82. The zero-order chi connectivity index (χ0) is 22.9. The average molecular weight is 456 g/mol. The molecule has 0 spiro atoms. The Hall–Kier alpha value is -3.56. The van der Waals surface area contributed by atoms with Gasteiger partial charge in [-0.05, 0) is 35.9 Å². The minimum atomic E-state index is -1.29. The van der Waals surface area contributed by atoms with E-state index in [0.29, 0.717) is 33.2 Å². The Balaban J connectivity index is 1.66. The summed E-state index contributed by atoms with van der Waals surface area (Å²) >= 11 is 6.08. The van der Waals surface area contributed by atoms with Crippen LogP contribution in [-0.4, -0.2) is 46.7 Å². The van der Waals surface area contributed by atoms with Gasteiger partial charge in [-0.15, -0.1) is 0 Å². The SMILES string of the molecule is COc1cc(Cl)ccc1-c1ccccc1C(=O)NCC1(c2ccnn2C)NC(=O)NC1O. The van der Waals surface area contributed by atoms with E-state index in [4.69, 9.17) is 16.3 Å². The van der Waals surface area contributed by atoms with Crippen molar-refractivity contribution in [2.24, 2.45) is 7.05 Å². The molecule has 32 heavy (non-hydrogen) atoms. The Kier molecular flexibility index (Phi) is 5.77. The molecule has 0 aliphatic carbocycles. The Morgan fingerprint density at radius 3 is 2.72 bits per heavy atom. The van der Waals surface area contributed by atoms with Gasteiger partial charge in [0.25, 0.3) is 5.91 Å². The van der Waals surface area contributed by atoms with Crippen molar-refractivity contribution in [3.05, 3.63) is 71.0 Å². The maximum Gasteiger partial charge on any atom is 0.317 e. The van der Waals surface area contributed by atoms with Crippen LogP contribution in [0.25, 0.3) is 11.1 Å². The number of aryl methyl sites for hydroxylation is 1.